The molecule has 0 atom stereocenters. The summed E-state index contributed by atoms with van der Waals surface area (Å²) in [6, 6.07) is 9.59. The lowest BCUT2D eigenvalue weighted by Crippen LogP contribution is -2.14. The largest absolute Gasteiger partial charge is 0.468 e. The predicted molar refractivity (Wildman–Crippen MR) is 93.4 cm³/mol. The van der Waals surface area contributed by atoms with Gasteiger partial charge in [0, 0.05) is 17.1 Å². The van der Waals surface area contributed by atoms with Crippen molar-refractivity contribution < 1.29 is 26.8 Å². The molecule has 9 heteroatoms. The number of aryl methyl sites for hydroxylation is 1. The number of nitrogens with one attached hydrogen (secondary N) is 1. The van der Waals surface area contributed by atoms with Gasteiger partial charge in [0.25, 0.3) is 5.91 Å². The van der Waals surface area contributed by atoms with Crippen LogP contribution < -0.4 is 5.32 Å². The van der Waals surface area contributed by atoms with Crippen LogP contribution in [0.3, 0.4) is 0 Å². The van der Waals surface area contributed by atoms with Crippen molar-refractivity contribution in [2.24, 2.45) is 0 Å². The molecular formula is C19H11F4N3O2. The van der Waals surface area contributed by atoms with E-state index in [4.69, 9.17) is 0 Å². The summed E-state index contributed by atoms with van der Waals surface area (Å²) >= 11 is 0. The fourth-order valence-corrected chi connectivity index (χ4v) is 2.79. The molecule has 4 aromatic rings. The summed E-state index contributed by atoms with van der Waals surface area (Å²) in [5.41, 5.74) is 1.23. The van der Waals surface area contributed by atoms with Gasteiger partial charge in [-0.25, -0.2) is 9.37 Å². The van der Waals surface area contributed by atoms with Gasteiger partial charge in [0.2, 0.25) is 0 Å². The molecule has 2 aromatic carbocycles. The molecule has 0 radical (unpaired) electrons. The molecule has 0 spiro atoms. The van der Waals surface area contributed by atoms with Gasteiger partial charge in [-0.1, -0.05) is 0 Å². The number of rotatable bonds is 2. The van der Waals surface area contributed by atoms with E-state index in [2.05, 4.69) is 19.7 Å². The molecule has 0 fully saturated rings. The number of amides is 1. The maximum atomic E-state index is 13.3. The zero-order valence-electron chi connectivity index (χ0n) is 14.3. The van der Waals surface area contributed by atoms with E-state index in [0.717, 1.165) is 0 Å². The van der Waals surface area contributed by atoms with Gasteiger partial charge in [-0.05, 0) is 43.3 Å². The summed E-state index contributed by atoms with van der Waals surface area (Å²) in [4.78, 5) is 20.2. The van der Waals surface area contributed by atoms with Crippen LogP contribution in [0.5, 0.6) is 0 Å². The van der Waals surface area contributed by atoms with Crippen LogP contribution in [0.15, 0.2) is 46.9 Å². The molecule has 1 N–H and O–H groups in total. The summed E-state index contributed by atoms with van der Waals surface area (Å²) in [5.74, 6) is -2.29. The minimum atomic E-state index is -4.70. The van der Waals surface area contributed by atoms with Crippen LogP contribution in [0.4, 0.5) is 23.2 Å². The van der Waals surface area contributed by atoms with E-state index >= 15 is 0 Å². The number of aromatic nitrogens is 2. The van der Waals surface area contributed by atoms with Crippen LogP contribution in [-0.4, -0.2) is 15.9 Å². The smallest absolute Gasteiger partial charge is 0.433 e. The van der Waals surface area contributed by atoms with Crippen LogP contribution in [-0.2, 0) is 6.18 Å². The summed E-state index contributed by atoms with van der Waals surface area (Å²) in [7, 11) is 0. The van der Waals surface area contributed by atoms with E-state index in [0.29, 0.717) is 16.6 Å². The average molecular weight is 389 g/mol. The number of alkyl halides is 3. The predicted octanol–water partition coefficient (Wildman–Crippen LogP) is 5.09. The number of hydrogen-bond donors (Lipinski definition) is 1. The maximum absolute atomic E-state index is 13.3. The molecule has 1 amide bonds. The van der Waals surface area contributed by atoms with Gasteiger partial charge in [0.1, 0.15) is 11.3 Å². The first-order chi connectivity index (χ1) is 13.2. The highest BCUT2D eigenvalue weighted by molar-refractivity contribution is 6.07. The Morgan fingerprint density at radius 2 is 1.82 bits per heavy atom. The minimum absolute atomic E-state index is 0.0334. The van der Waals surface area contributed by atoms with Crippen molar-refractivity contribution in [2.75, 3.05) is 5.32 Å². The standard InChI is InChI=1S/C19H11F4N3O2/c1-9-13(6-10-2-3-11(20)7-14(10)24-9)17(27)25-12-4-5-16-15(8-12)26-18(28-16)19(21,22)23/h2-8H,1H3,(H,25,27). The van der Waals surface area contributed by atoms with E-state index in [1.165, 1.54) is 36.4 Å². The molecule has 0 saturated heterocycles. The minimum Gasteiger partial charge on any atom is -0.433 e. The fraction of sp³-hybridized carbons (Fsp3) is 0.105. The Labute approximate surface area is 155 Å². The Morgan fingerprint density at radius 1 is 1.04 bits per heavy atom. The van der Waals surface area contributed by atoms with Crippen molar-refractivity contribution in [3.63, 3.8) is 0 Å². The van der Waals surface area contributed by atoms with Gasteiger partial charge >= 0.3 is 12.1 Å². The third-order valence-electron chi connectivity index (χ3n) is 4.10. The Kier molecular flexibility index (Phi) is 4.02. The number of fused-ring (bicyclic) bond motifs is 2. The quantitative estimate of drug-likeness (QED) is 0.485. The second-order valence-electron chi connectivity index (χ2n) is 6.11. The number of carbonyl (C=O) groups is 1. The molecule has 0 saturated carbocycles. The average Bonchev–Trinajstić information content (AvgIpc) is 3.04. The summed E-state index contributed by atoms with van der Waals surface area (Å²) < 4.78 is 56.1. The van der Waals surface area contributed by atoms with E-state index < -0.39 is 23.8 Å². The number of oxazole rings is 1. The van der Waals surface area contributed by atoms with Crippen LogP contribution in [0.25, 0.3) is 22.0 Å². The van der Waals surface area contributed by atoms with Crippen LogP contribution in [0, 0.1) is 12.7 Å². The maximum Gasteiger partial charge on any atom is 0.468 e. The number of halogens is 4. The fourth-order valence-electron chi connectivity index (χ4n) is 2.79. The van der Waals surface area contributed by atoms with Gasteiger partial charge in [-0.3, -0.25) is 9.78 Å². The SMILES string of the molecule is Cc1nc2cc(F)ccc2cc1C(=O)Nc1ccc2oc(C(F)(F)F)nc2c1. The Hall–Kier alpha value is -3.49. The van der Waals surface area contributed by atoms with Gasteiger partial charge in [0.15, 0.2) is 5.58 Å². The molecule has 0 aliphatic carbocycles. The first-order valence-electron chi connectivity index (χ1n) is 8.07. The van der Waals surface area contributed by atoms with Gasteiger partial charge < -0.3 is 9.73 Å². The molecule has 5 nitrogen and oxygen atoms in total. The lowest BCUT2D eigenvalue weighted by molar-refractivity contribution is -0.156. The number of hydrogen-bond acceptors (Lipinski definition) is 4. The molecule has 142 valence electrons. The Bertz CT molecular complexity index is 1230. The second kappa shape index (κ2) is 6.29. The molecule has 2 heterocycles. The highest BCUT2D eigenvalue weighted by Gasteiger charge is 2.37. The molecule has 4 rings (SSSR count). The third kappa shape index (κ3) is 3.26. The van der Waals surface area contributed by atoms with Crippen molar-refractivity contribution in [3.8, 4) is 0 Å². The lowest BCUT2D eigenvalue weighted by Gasteiger charge is -2.09. The first kappa shape index (κ1) is 17.9. The Morgan fingerprint density at radius 3 is 2.57 bits per heavy atom. The zero-order chi connectivity index (χ0) is 20.1. The van der Waals surface area contributed by atoms with Crippen molar-refractivity contribution in [1.82, 2.24) is 9.97 Å². The summed E-state index contributed by atoms with van der Waals surface area (Å²) in [6.45, 7) is 1.61. The van der Waals surface area contributed by atoms with Gasteiger partial charge in [-0.2, -0.15) is 13.2 Å². The normalized spacial score (nSPS) is 11.9. The zero-order valence-corrected chi connectivity index (χ0v) is 14.3. The molecule has 0 bridgehead atoms. The molecular weight excluding hydrogens is 378 g/mol. The number of anilines is 1. The molecule has 2 aromatic heterocycles. The number of pyridine rings is 1. The lowest BCUT2D eigenvalue weighted by atomic mass is 10.1. The van der Waals surface area contributed by atoms with Crippen molar-refractivity contribution in [2.45, 2.75) is 13.1 Å². The Balaban J connectivity index is 1.65. The third-order valence-corrected chi connectivity index (χ3v) is 4.10. The van der Waals surface area contributed by atoms with E-state index in [9.17, 15) is 22.4 Å². The molecule has 0 unspecified atom stereocenters. The van der Waals surface area contributed by atoms with Crippen molar-refractivity contribution >= 4 is 33.6 Å². The number of carbonyl (C=O) groups excluding carboxylic acids is 1. The van der Waals surface area contributed by atoms with Crippen molar-refractivity contribution in [3.05, 3.63) is 65.4 Å². The summed E-state index contributed by atoms with van der Waals surface area (Å²) in [6.07, 6.45) is -4.70. The molecule has 28 heavy (non-hydrogen) atoms. The monoisotopic (exact) mass is 389 g/mol. The van der Waals surface area contributed by atoms with Gasteiger partial charge in [-0.15, -0.1) is 0 Å². The first-order valence-corrected chi connectivity index (χ1v) is 8.07. The highest BCUT2D eigenvalue weighted by Crippen LogP contribution is 2.32. The summed E-state index contributed by atoms with van der Waals surface area (Å²) in [5, 5.41) is 3.18. The van der Waals surface area contributed by atoms with Gasteiger partial charge in [0.05, 0.1) is 16.8 Å². The van der Waals surface area contributed by atoms with E-state index in [1.807, 2.05) is 0 Å². The molecule has 0 aliphatic heterocycles. The molecule has 0 aliphatic rings. The topological polar surface area (TPSA) is 68.0 Å². The highest BCUT2D eigenvalue weighted by atomic mass is 19.4. The second-order valence-corrected chi connectivity index (χ2v) is 6.11. The van der Waals surface area contributed by atoms with Crippen LogP contribution in [0.1, 0.15) is 21.9 Å². The van der Waals surface area contributed by atoms with Crippen LogP contribution in [0.2, 0.25) is 0 Å². The van der Waals surface area contributed by atoms with Crippen molar-refractivity contribution in [1.29, 1.82) is 0 Å². The number of nitrogens with zero attached hydrogens (tertiary/aromatic N) is 2. The number of benzene rings is 2. The van der Waals surface area contributed by atoms with E-state index in [-0.39, 0.29) is 22.4 Å². The van der Waals surface area contributed by atoms with E-state index in [1.54, 1.807) is 13.0 Å². The van der Waals surface area contributed by atoms with Crippen LogP contribution >= 0.6 is 0 Å².